The van der Waals surface area contributed by atoms with Gasteiger partial charge in [0.1, 0.15) is 5.75 Å². The predicted octanol–water partition coefficient (Wildman–Crippen LogP) is 4.78. The first-order valence-electron chi connectivity index (χ1n) is 6.62. The lowest BCUT2D eigenvalue weighted by Gasteiger charge is -2.38. The summed E-state index contributed by atoms with van der Waals surface area (Å²) in [7, 11) is 1.10. The van der Waals surface area contributed by atoms with Crippen molar-refractivity contribution in [1.82, 2.24) is 0 Å². The molecule has 2 aromatic carbocycles. The molecular weight excluding hydrogens is 355 g/mol. The van der Waals surface area contributed by atoms with Crippen LogP contribution >= 0.6 is 11.6 Å². The number of hydrogen-bond donors (Lipinski definition) is 1. The Morgan fingerprint density at radius 3 is 1.96 bits per heavy atom. The summed E-state index contributed by atoms with van der Waals surface area (Å²) in [5.74, 6) is -5.79. The minimum atomic E-state index is -6.00. The smallest absolute Gasteiger partial charge is 0.457 e. The molecule has 2 nitrogen and oxygen atoms in total. The molecule has 0 aliphatic carbocycles. The molecule has 130 valence electrons. The van der Waals surface area contributed by atoms with E-state index in [0.29, 0.717) is 0 Å². The molecule has 2 aromatic rings. The summed E-state index contributed by atoms with van der Waals surface area (Å²) in [6, 6.07) is 8.80. The van der Waals surface area contributed by atoms with Gasteiger partial charge in [0.15, 0.2) is 5.60 Å². The van der Waals surface area contributed by atoms with Gasteiger partial charge >= 0.3 is 12.1 Å². The Labute approximate surface area is 139 Å². The monoisotopic (exact) mass is 366 g/mol. The molecule has 0 aliphatic heterocycles. The number of rotatable bonds is 4. The second-order valence-electron chi connectivity index (χ2n) is 4.99. The fourth-order valence-corrected chi connectivity index (χ4v) is 2.47. The minimum Gasteiger partial charge on any atom is -0.496 e. The Bertz CT molecular complexity index is 715. The first-order chi connectivity index (χ1) is 11.1. The van der Waals surface area contributed by atoms with E-state index in [1.807, 2.05) is 0 Å². The van der Waals surface area contributed by atoms with Crippen LogP contribution in [0.4, 0.5) is 22.0 Å². The molecule has 1 N–H and O–H groups in total. The average molecular weight is 367 g/mol. The van der Waals surface area contributed by atoms with Gasteiger partial charge in [-0.25, -0.2) is 0 Å². The molecule has 0 aliphatic rings. The van der Waals surface area contributed by atoms with Gasteiger partial charge in [0.2, 0.25) is 0 Å². The molecule has 2 rings (SSSR count). The predicted molar refractivity (Wildman–Crippen MR) is 78.4 cm³/mol. The molecule has 0 fully saturated rings. The van der Waals surface area contributed by atoms with Gasteiger partial charge in [-0.05, 0) is 23.8 Å². The Morgan fingerprint density at radius 1 is 0.917 bits per heavy atom. The topological polar surface area (TPSA) is 29.5 Å². The molecule has 0 saturated heterocycles. The summed E-state index contributed by atoms with van der Waals surface area (Å²) in [6.07, 6.45) is -6.00. The highest BCUT2D eigenvalue weighted by Gasteiger charge is 2.71. The van der Waals surface area contributed by atoms with Gasteiger partial charge in [-0.3, -0.25) is 0 Å². The van der Waals surface area contributed by atoms with Gasteiger partial charge in [-0.1, -0.05) is 41.9 Å². The minimum absolute atomic E-state index is 0.122. The number of para-hydroxylation sites is 1. The lowest BCUT2D eigenvalue weighted by atomic mass is 9.80. The van der Waals surface area contributed by atoms with Crippen LogP contribution in [0.2, 0.25) is 5.02 Å². The fraction of sp³-hybridized carbons (Fsp3) is 0.250. The molecule has 24 heavy (non-hydrogen) atoms. The Morgan fingerprint density at radius 2 is 1.46 bits per heavy atom. The van der Waals surface area contributed by atoms with E-state index in [4.69, 9.17) is 16.3 Å². The van der Waals surface area contributed by atoms with E-state index in [1.165, 1.54) is 18.2 Å². The van der Waals surface area contributed by atoms with Crippen LogP contribution in [0.15, 0.2) is 48.5 Å². The van der Waals surface area contributed by atoms with Crippen LogP contribution in [0.3, 0.4) is 0 Å². The van der Waals surface area contributed by atoms with Crippen molar-refractivity contribution >= 4 is 11.6 Å². The Kier molecular flexibility index (Phi) is 4.79. The number of ether oxygens (including phenoxy) is 1. The summed E-state index contributed by atoms with van der Waals surface area (Å²) in [5.41, 5.74) is -5.07. The maximum absolute atomic E-state index is 14.3. The molecule has 0 heterocycles. The molecule has 0 spiro atoms. The van der Waals surface area contributed by atoms with Crippen LogP contribution in [0.25, 0.3) is 0 Å². The molecule has 0 aromatic heterocycles. The first-order valence-corrected chi connectivity index (χ1v) is 7.00. The van der Waals surface area contributed by atoms with E-state index >= 15 is 0 Å². The zero-order valence-corrected chi connectivity index (χ0v) is 13.0. The molecule has 0 amide bonds. The van der Waals surface area contributed by atoms with Crippen molar-refractivity contribution in [3.8, 4) is 5.75 Å². The molecule has 0 bridgehead atoms. The quantitative estimate of drug-likeness (QED) is 0.789. The lowest BCUT2D eigenvalue weighted by molar-refractivity contribution is -0.336. The maximum Gasteiger partial charge on any atom is 0.457 e. The van der Waals surface area contributed by atoms with Crippen molar-refractivity contribution in [1.29, 1.82) is 0 Å². The van der Waals surface area contributed by atoms with Gasteiger partial charge in [0, 0.05) is 10.6 Å². The lowest BCUT2D eigenvalue weighted by Crippen LogP contribution is -2.55. The second kappa shape index (κ2) is 6.22. The van der Waals surface area contributed by atoms with E-state index in [2.05, 4.69) is 0 Å². The first kappa shape index (κ1) is 18.5. The average Bonchev–Trinajstić information content (AvgIpc) is 2.53. The SMILES string of the molecule is COc1ccccc1C(O)(c1ccc(Cl)cc1)C(F)(F)C(F)(F)F. The van der Waals surface area contributed by atoms with Crippen LogP contribution in [-0.2, 0) is 5.60 Å². The summed E-state index contributed by atoms with van der Waals surface area (Å²) < 4.78 is 72.6. The zero-order chi connectivity index (χ0) is 18.2. The van der Waals surface area contributed by atoms with E-state index in [-0.39, 0.29) is 10.8 Å². The molecule has 8 heteroatoms. The van der Waals surface area contributed by atoms with Crippen molar-refractivity contribution < 1.29 is 31.8 Å². The number of aliphatic hydroxyl groups is 1. The molecular formula is C16H12ClF5O2. The summed E-state index contributed by atoms with van der Waals surface area (Å²) in [4.78, 5) is 0. The van der Waals surface area contributed by atoms with E-state index < -0.39 is 28.8 Å². The summed E-state index contributed by atoms with van der Waals surface area (Å²) >= 11 is 5.65. The van der Waals surface area contributed by atoms with Gasteiger partial charge in [-0.15, -0.1) is 0 Å². The van der Waals surface area contributed by atoms with E-state index in [1.54, 1.807) is 0 Å². The highest BCUT2D eigenvalue weighted by atomic mass is 35.5. The number of hydrogen-bond acceptors (Lipinski definition) is 2. The van der Waals surface area contributed by atoms with Crippen molar-refractivity contribution in [3.63, 3.8) is 0 Å². The highest BCUT2D eigenvalue weighted by molar-refractivity contribution is 6.30. The van der Waals surface area contributed by atoms with Gasteiger partial charge < -0.3 is 9.84 Å². The van der Waals surface area contributed by atoms with Crippen LogP contribution in [-0.4, -0.2) is 24.3 Å². The van der Waals surface area contributed by atoms with Gasteiger partial charge in [0.05, 0.1) is 7.11 Å². The number of methoxy groups -OCH3 is 1. The van der Waals surface area contributed by atoms with E-state index in [9.17, 15) is 27.1 Å². The fourth-order valence-electron chi connectivity index (χ4n) is 2.35. The van der Waals surface area contributed by atoms with Gasteiger partial charge in [0.25, 0.3) is 0 Å². The van der Waals surface area contributed by atoms with Gasteiger partial charge in [-0.2, -0.15) is 22.0 Å². The van der Waals surface area contributed by atoms with Crippen LogP contribution < -0.4 is 4.74 Å². The third kappa shape index (κ3) is 2.82. The Hall–Kier alpha value is -1.86. The molecule has 0 saturated carbocycles. The highest BCUT2D eigenvalue weighted by Crippen LogP contribution is 2.53. The summed E-state index contributed by atoms with van der Waals surface area (Å²) in [5, 5.41) is 10.7. The van der Waals surface area contributed by atoms with E-state index in [0.717, 1.165) is 37.4 Å². The standard InChI is InChI=1S/C16H12ClF5O2/c1-24-13-5-3-2-4-12(13)14(23,15(18,19)16(20,21)22)10-6-8-11(17)9-7-10/h2-9,23H,1H3. The number of alkyl halides is 5. The van der Waals surface area contributed by atoms with Crippen LogP contribution in [0.1, 0.15) is 11.1 Å². The molecule has 1 atom stereocenters. The largest absolute Gasteiger partial charge is 0.496 e. The van der Waals surface area contributed by atoms with Crippen molar-refractivity contribution in [2.75, 3.05) is 7.11 Å². The van der Waals surface area contributed by atoms with Crippen LogP contribution in [0.5, 0.6) is 5.75 Å². The third-order valence-electron chi connectivity index (χ3n) is 3.57. The van der Waals surface area contributed by atoms with Crippen molar-refractivity contribution in [2.45, 2.75) is 17.7 Å². The molecule has 1 unspecified atom stereocenters. The summed E-state index contributed by atoms with van der Waals surface area (Å²) in [6.45, 7) is 0. The number of halogens is 6. The zero-order valence-electron chi connectivity index (χ0n) is 12.2. The second-order valence-corrected chi connectivity index (χ2v) is 5.43. The van der Waals surface area contributed by atoms with Crippen LogP contribution in [0, 0.1) is 0 Å². The molecule has 0 radical (unpaired) electrons. The Balaban J connectivity index is 2.82. The third-order valence-corrected chi connectivity index (χ3v) is 3.82. The van der Waals surface area contributed by atoms with Crippen molar-refractivity contribution in [2.24, 2.45) is 0 Å². The van der Waals surface area contributed by atoms with Crippen molar-refractivity contribution in [3.05, 3.63) is 64.7 Å². The normalized spacial score (nSPS) is 15.0. The number of benzene rings is 2. The maximum atomic E-state index is 14.3.